The van der Waals surface area contributed by atoms with Crippen molar-refractivity contribution in [3.8, 4) is 0 Å². The fourth-order valence-corrected chi connectivity index (χ4v) is 2.87. The first kappa shape index (κ1) is 11.9. The Hall–Kier alpha value is -0.160. The van der Waals surface area contributed by atoms with Crippen molar-refractivity contribution >= 4 is 27.3 Å². The molecule has 1 aromatic rings. The zero-order valence-electron chi connectivity index (χ0n) is 8.22. The Labute approximate surface area is 97.3 Å². The number of hydrogen-bond donors (Lipinski definition) is 2. The molecule has 0 amide bonds. The summed E-state index contributed by atoms with van der Waals surface area (Å²) in [6, 6.07) is 2.27. The van der Waals surface area contributed by atoms with E-state index < -0.39 is 0 Å². The van der Waals surface area contributed by atoms with E-state index >= 15 is 0 Å². The maximum absolute atomic E-state index is 5.71. The lowest BCUT2D eigenvalue weighted by Gasteiger charge is -2.15. The molecule has 0 aliphatic heterocycles. The average Bonchev–Trinajstić information content (AvgIpc) is 2.53. The highest BCUT2D eigenvalue weighted by Crippen LogP contribution is 2.28. The molecule has 0 bridgehead atoms. The summed E-state index contributed by atoms with van der Waals surface area (Å²) in [4.78, 5) is 1.26. The first-order valence-electron chi connectivity index (χ1n) is 4.46. The van der Waals surface area contributed by atoms with E-state index in [2.05, 4.69) is 33.2 Å². The van der Waals surface area contributed by atoms with Gasteiger partial charge in [-0.2, -0.15) is 0 Å². The van der Waals surface area contributed by atoms with E-state index in [0.29, 0.717) is 6.54 Å². The molecule has 1 atom stereocenters. The minimum atomic E-state index is 0.223. The minimum Gasteiger partial charge on any atom is -0.329 e. The Morgan fingerprint density at radius 1 is 1.79 bits per heavy atom. The van der Waals surface area contributed by atoms with Gasteiger partial charge < -0.3 is 11.1 Å². The van der Waals surface area contributed by atoms with E-state index in [0.717, 1.165) is 16.6 Å². The second-order valence-corrected chi connectivity index (χ2v) is 5.06. The van der Waals surface area contributed by atoms with Crippen LogP contribution in [-0.2, 0) is 0 Å². The molecule has 0 aliphatic carbocycles. The third kappa shape index (κ3) is 3.20. The van der Waals surface area contributed by atoms with E-state index in [1.807, 2.05) is 13.0 Å². The summed E-state index contributed by atoms with van der Waals surface area (Å²) in [6.45, 7) is 7.27. The predicted octanol–water partition coefficient (Wildman–Crippen LogP) is 2.68. The van der Waals surface area contributed by atoms with E-state index in [4.69, 9.17) is 5.73 Å². The number of rotatable bonds is 5. The number of hydrogen-bond acceptors (Lipinski definition) is 3. The molecule has 0 spiro atoms. The number of halogens is 1. The summed E-state index contributed by atoms with van der Waals surface area (Å²) < 4.78 is 1.13. The summed E-state index contributed by atoms with van der Waals surface area (Å²) in [5, 5.41) is 5.43. The quantitative estimate of drug-likeness (QED) is 0.811. The van der Waals surface area contributed by atoms with E-state index in [1.54, 1.807) is 11.3 Å². The molecule has 2 nitrogen and oxygen atoms in total. The number of nitrogens with two attached hydrogens (primary N) is 1. The van der Waals surface area contributed by atoms with Crippen molar-refractivity contribution in [2.45, 2.75) is 13.0 Å². The molecule has 0 aliphatic rings. The second-order valence-electron chi connectivity index (χ2n) is 3.26. The maximum Gasteiger partial charge on any atom is 0.0553 e. The maximum atomic E-state index is 5.71. The van der Waals surface area contributed by atoms with Gasteiger partial charge in [0.2, 0.25) is 0 Å². The van der Waals surface area contributed by atoms with Gasteiger partial charge in [0.1, 0.15) is 0 Å². The average molecular weight is 275 g/mol. The smallest absolute Gasteiger partial charge is 0.0553 e. The number of nitrogens with one attached hydrogen (secondary N) is 1. The SMILES string of the molecule is C=C(C)CNC(CN)c1sccc1Br. The fraction of sp³-hybridized carbons (Fsp3) is 0.400. The highest BCUT2D eigenvalue weighted by molar-refractivity contribution is 9.10. The van der Waals surface area contributed by atoms with Crippen molar-refractivity contribution in [3.63, 3.8) is 0 Å². The van der Waals surface area contributed by atoms with Crippen LogP contribution in [0, 0.1) is 0 Å². The van der Waals surface area contributed by atoms with Gasteiger partial charge in [0, 0.05) is 22.4 Å². The van der Waals surface area contributed by atoms with Gasteiger partial charge in [-0.1, -0.05) is 12.2 Å². The van der Waals surface area contributed by atoms with Crippen LogP contribution >= 0.6 is 27.3 Å². The molecular formula is C10H15BrN2S. The Bertz CT molecular complexity index is 309. The standard InChI is InChI=1S/C10H15BrN2S/c1-7(2)6-13-9(5-12)10-8(11)3-4-14-10/h3-4,9,13H,1,5-6,12H2,2H3. The molecule has 14 heavy (non-hydrogen) atoms. The molecule has 3 N–H and O–H groups in total. The first-order chi connectivity index (χ1) is 6.65. The third-order valence-electron chi connectivity index (χ3n) is 1.85. The molecule has 1 heterocycles. The molecule has 0 saturated heterocycles. The number of thiophene rings is 1. The first-order valence-corrected chi connectivity index (χ1v) is 6.13. The van der Waals surface area contributed by atoms with Crippen LogP contribution in [0.25, 0.3) is 0 Å². The zero-order valence-corrected chi connectivity index (χ0v) is 10.6. The molecule has 1 rings (SSSR count). The fourth-order valence-electron chi connectivity index (χ4n) is 1.13. The Morgan fingerprint density at radius 3 is 2.93 bits per heavy atom. The lowest BCUT2D eigenvalue weighted by Crippen LogP contribution is -2.28. The zero-order chi connectivity index (χ0) is 10.6. The van der Waals surface area contributed by atoms with Gasteiger partial charge >= 0.3 is 0 Å². The minimum absolute atomic E-state index is 0.223. The Morgan fingerprint density at radius 2 is 2.50 bits per heavy atom. The predicted molar refractivity (Wildman–Crippen MR) is 66.6 cm³/mol. The summed E-state index contributed by atoms with van der Waals surface area (Å²) >= 11 is 5.22. The second kappa shape index (κ2) is 5.66. The van der Waals surface area contributed by atoms with Gasteiger partial charge in [-0.15, -0.1) is 11.3 Å². The molecule has 0 fully saturated rings. The molecule has 0 aromatic carbocycles. The van der Waals surface area contributed by atoms with Crippen molar-refractivity contribution in [2.75, 3.05) is 13.1 Å². The van der Waals surface area contributed by atoms with Crippen molar-refractivity contribution in [3.05, 3.63) is 32.9 Å². The van der Waals surface area contributed by atoms with Crippen LogP contribution in [-0.4, -0.2) is 13.1 Å². The van der Waals surface area contributed by atoms with Crippen molar-refractivity contribution in [1.82, 2.24) is 5.32 Å². The van der Waals surface area contributed by atoms with Crippen LogP contribution in [0.5, 0.6) is 0 Å². The van der Waals surface area contributed by atoms with Gasteiger partial charge in [-0.05, 0) is 34.3 Å². The molecular weight excluding hydrogens is 260 g/mol. The van der Waals surface area contributed by atoms with Crippen LogP contribution in [0.4, 0.5) is 0 Å². The van der Waals surface area contributed by atoms with E-state index in [-0.39, 0.29) is 6.04 Å². The molecule has 1 unspecified atom stereocenters. The normalized spacial score (nSPS) is 12.8. The van der Waals surface area contributed by atoms with Crippen LogP contribution in [0.3, 0.4) is 0 Å². The lowest BCUT2D eigenvalue weighted by molar-refractivity contribution is 0.576. The Balaban J connectivity index is 2.63. The lowest BCUT2D eigenvalue weighted by atomic mass is 10.2. The third-order valence-corrected chi connectivity index (χ3v) is 3.83. The molecule has 0 saturated carbocycles. The largest absolute Gasteiger partial charge is 0.329 e. The monoisotopic (exact) mass is 274 g/mol. The molecule has 4 heteroatoms. The highest BCUT2D eigenvalue weighted by Gasteiger charge is 2.13. The van der Waals surface area contributed by atoms with Crippen LogP contribution < -0.4 is 11.1 Å². The Kier molecular flexibility index (Phi) is 4.81. The van der Waals surface area contributed by atoms with Crippen molar-refractivity contribution in [2.24, 2.45) is 5.73 Å². The van der Waals surface area contributed by atoms with E-state index in [9.17, 15) is 0 Å². The summed E-state index contributed by atoms with van der Waals surface area (Å²) in [5.74, 6) is 0. The van der Waals surface area contributed by atoms with Gasteiger partial charge in [-0.3, -0.25) is 0 Å². The molecule has 78 valence electrons. The van der Waals surface area contributed by atoms with Crippen molar-refractivity contribution in [1.29, 1.82) is 0 Å². The van der Waals surface area contributed by atoms with Crippen LogP contribution in [0.1, 0.15) is 17.8 Å². The summed E-state index contributed by atoms with van der Waals surface area (Å²) in [7, 11) is 0. The van der Waals surface area contributed by atoms with Gasteiger partial charge in [0.15, 0.2) is 0 Å². The van der Waals surface area contributed by atoms with Crippen molar-refractivity contribution < 1.29 is 0 Å². The molecule has 0 radical (unpaired) electrons. The van der Waals surface area contributed by atoms with E-state index in [1.165, 1.54) is 4.88 Å². The van der Waals surface area contributed by atoms with Gasteiger partial charge in [-0.25, -0.2) is 0 Å². The van der Waals surface area contributed by atoms with Crippen LogP contribution in [0.15, 0.2) is 28.1 Å². The van der Waals surface area contributed by atoms with Gasteiger partial charge in [0.05, 0.1) is 6.04 Å². The van der Waals surface area contributed by atoms with Crippen LogP contribution in [0.2, 0.25) is 0 Å². The molecule has 1 aromatic heterocycles. The highest BCUT2D eigenvalue weighted by atomic mass is 79.9. The summed E-state index contributed by atoms with van der Waals surface area (Å²) in [6.07, 6.45) is 0. The summed E-state index contributed by atoms with van der Waals surface area (Å²) in [5.41, 5.74) is 6.83. The van der Waals surface area contributed by atoms with Gasteiger partial charge in [0.25, 0.3) is 0 Å². The topological polar surface area (TPSA) is 38.0 Å².